The summed E-state index contributed by atoms with van der Waals surface area (Å²) < 4.78 is 1.79. The second kappa shape index (κ2) is 2.90. The minimum Gasteiger partial charge on any atom is -0.392 e. The molecule has 1 aliphatic carbocycles. The van der Waals surface area contributed by atoms with Gasteiger partial charge in [0.15, 0.2) is 0 Å². The lowest BCUT2D eigenvalue weighted by atomic mass is 9.82. The van der Waals surface area contributed by atoms with Gasteiger partial charge >= 0.3 is 0 Å². The summed E-state index contributed by atoms with van der Waals surface area (Å²) in [6.45, 7) is 0.125. The van der Waals surface area contributed by atoms with Crippen LogP contribution in [0.15, 0.2) is 6.20 Å². The summed E-state index contributed by atoms with van der Waals surface area (Å²) in [5.41, 5.74) is 2.12. The van der Waals surface area contributed by atoms with E-state index in [0.717, 1.165) is 11.3 Å². The molecule has 1 aromatic rings. The van der Waals surface area contributed by atoms with Crippen LogP contribution in [0.25, 0.3) is 0 Å². The number of aliphatic hydroxyl groups excluding tert-OH is 1. The van der Waals surface area contributed by atoms with Gasteiger partial charge in [0.25, 0.3) is 0 Å². The topological polar surface area (TPSA) is 38.0 Å². The maximum atomic E-state index is 9.05. The third-order valence-electron chi connectivity index (χ3n) is 2.60. The first-order chi connectivity index (χ1) is 5.81. The molecule has 3 nitrogen and oxygen atoms in total. The summed E-state index contributed by atoms with van der Waals surface area (Å²) in [5.74, 6) is 0.619. The first-order valence-electron chi connectivity index (χ1n) is 4.44. The van der Waals surface area contributed by atoms with Crippen LogP contribution < -0.4 is 0 Å². The second-order valence-electron chi connectivity index (χ2n) is 3.50. The molecule has 2 rings (SSSR count). The number of aryl methyl sites for hydroxylation is 1. The van der Waals surface area contributed by atoms with Gasteiger partial charge in [-0.1, -0.05) is 6.42 Å². The number of aromatic nitrogens is 2. The van der Waals surface area contributed by atoms with Crippen LogP contribution in [-0.4, -0.2) is 14.9 Å². The Bertz CT molecular complexity index is 276. The highest BCUT2D eigenvalue weighted by molar-refractivity contribution is 5.21. The van der Waals surface area contributed by atoms with Crippen LogP contribution in [0.1, 0.15) is 36.4 Å². The lowest BCUT2D eigenvalue weighted by Gasteiger charge is -2.24. The highest BCUT2D eigenvalue weighted by Crippen LogP contribution is 2.36. The Kier molecular flexibility index (Phi) is 1.89. The maximum absolute atomic E-state index is 9.05. The van der Waals surface area contributed by atoms with Crippen LogP contribution >= 0.6 is 0 Å². The van der Waals surface area contributed by atoms with Crippen LogP contribution in [0.3, 0.4) is 0 Å². The van der Waals surface area contributed by atoms with Gasteiger partial charge in [0.05, 0.1) is 12.3 Å². The molecule has 0 aliphatic heterocycles. The van der Waals surface area contributed by atoms with E-state index >= 15 is 0 Å². The zero-order valence-corrected chi connectivity index (χ0v) is 7.32. The van der Waals surface area contributed by atoms with E-state index in [4.69, 9.17) is 5.11 Å². The van der Waals surface area contributed by atoms with Gasteiger partial charge in [0, 0.05) is 24.7 Å². The summed E-state index contributed by atoms with van der Waals surface area (Å²) in [6.07, 6.45) is 5.70. The van der Waals surface area contributed by atoms with Crippen molar-refractivity contribution in [3.63, 3.8) is 0 Å². The predicted octanol–water partition coefficient (Wildman–Crippen LogP) is 1.18. The predicted molar refractivity (Wildman–Crippen MR) is 45.7 cm³/mol. The van der Waals surface area contributed by atoms with Gasteiger partial charge in [-0.3, -0.25) is 4.68 Å². The van der Waals surface area contributed by atoms with Crippen molar-refractivity contribution in [1.29, 1.82) is 0 Å². The molecule has 0 unspecified atom stereocenters. The van der Waals surface area contributed by atoms with E-state index in [1.165, 1.54) is 19.3 Å². The fourth-order valence-corrected chi connectivity index (χ4v) is 1.70. The van der Waals surface area contributed by atoms with Gasteiger partial charge in [-0.2, -0.15) is 5.10 Å². The highest BCUT2D eigenvalue weighted by Gasteiger charge is 2.24. The van der Waals surface area contributed by atoms with E-state index < -0.39 is 0 Å². The minimum absolute atomic E-state index is 0.125. The lowest BCUT2D eigenvalue weighted by molar-refractivity contribution is 0.277. The number of hydrogen-bond donors (Lipinski definition) is 1. The van der Waals surface area contributed by atoms with Crippen LogP contribution in [0, 0.1) is 0 Å². The molecule has 0 bridgehead atoms. The van der Waals surface area contributed by atoms with Crippen molar-refractivity contribution in [3.05, 3.63) is 17.5 Å². The Labute approximate surface area is 72.0 Å². The van der Waals surface area contributed by atoms with Crippen LogP contribution in [0.2, 0.25) is 0 Å². The van der Waals surface area contributed by atoms with Crippen molar-refractivity contribution in [2.24, 2.45) is 7.05 Å². The molecule has 0 aromatic carbocycles. The number of hydrogen-bond acceptors (Lipinski definition) is 2. The zero-order chi connectivity index (χ0) is 8.55. The Hall–Kier alpha value is -0.830. The molecule has 66 valence electrons. The molecule has 1 aromatic heterocycles. The molecular weight excluding hydrogens is 152 g/mol. The fraction of sp³-hybridized carbons (Fsp3) is 0.667. The molecule has 0 amide bonds. The highest BCUT2D eigenvalue weighted by atomic mass is 16.3. The largest absolute Gasteiger partial charge is 0.392 e. The van der Waals surface area contributed by atoms with E-state index in [1.807, 2.05) is 13.2 Å². The number of aliphatic hydroxyl groups is 1. The van der Waals surface area contributed by atoms with E-state index in [0.29, 0.717) is 5.92 Å². The summed E-state index contributed by atoms with van der Waals surface area (Å²) in [6, 6.07) is 0. The van der Waals surface area contributed by atoms with Crippen LogP contribution in [0.5, 0.6) is 0 Å². The lowest BCUT2D eigenvalue weighted by Crippen LogP contribution is -2.11. The average Bonchev–Trinajstić information content (AvgIpc) is 2.27. The first kappa shape index (κ1) is 7.80. The molecule has 12 heavy (non-hydrogen) atoms. The Morgan fingerprint density at radius 2 is 2.42 bits per heavy atom. The van der Waals surface area contributed by atoms with E-state index in [9.17, 15) is 0 Å². The normalized spacial score (nSPS) is 17.8. The third-order valence-corrected chi connectivity index (χ3v) is 2.60. The summed E-state index contributed by atoms with van der Waals surface area (Å²) in [7, 11) is 1.90. The van der Waals surface area contributed by atoms with E-state index in [2.05, 4.69) is 5.10 Å². The van der Waals surface area contributed by atoms with Gasteiger partial charge in [-0.15, -0.1) is 0 Å². The molecule has 1 aliphatic rings. The third kappa shape index (κ3) is 1.14. The van der Waals surface area contributed by atoms with Crippen molar-refractivity contribution in [3.8, 4) is 0 Å². The number of nitrogens with zero attached hydrogens (tertiary/aromatic N) is 2. The van der Waals surface area contributed by atoms with E-state index in [-0.39, 0.29) is 6.61 Å². The van der Waals surface area contributed by atoms with Gasteiger partial charge in [-0.05, 0) is 12.8 Å². The van der Waals surface area contributed by atoms with E-state index in [1.54, 1.807) is 4.68 Å². The number of rotatable bonds is 2. The van der Waals surface area contributed by atoms with Crippen molar-refractivity contribution in [2.45, 2.75) is 31.8 Å². The summed E-state index contributed by atoms with van der Waals surface area (Å²) in [5, 5.41) is 13.4. The Morgan fingerprint density at radius 3 is 2.92 bits per heavy atom. The zero-order valence-electron chi connectivity index (χ0n) is 7.32. The quantitative estimate of drug-likeness (QED) is 0.716. The molecule has 0 saturated heterocycles. The molecule has 1 N–H and O–H groups in total. The van der Waals surface area contributed by atoms with Gasteiger partial charge < -0.3 is 5.11 Å². The smallest absolute Gasteiger partial charge is 0.0715 e. The Balaban J connectivity index is 2.27. The molecule has 0 radical (unpaired) electrons. The van der Waals surface area contributed by atoms with Gasteiger partial charge in [-0.25, -0.2) is 0 Å². The molecule has 0 atom stereocenters. The first-order valence-corrected chi connectivity index (χ1v) is 4.44. The standard InChI is InChI=1S/C9H14N2O/c1-11-5-8(6-12)9(10-11)7-3-2-4-7/h5,7,12H,2-4,6H2,1H3. The van der Waals surface area contributed by atoms with Gasteiger partial charge in [0.2, 0.25) is 0 Å². The Morgan fingerprint density at radius 1 is 1.67 bits per heavy atom. The van der Waals surface area contributed by atoms with Crippen molar-refractivity contribution in [2.75, 3.05) is 0 Å². The van der Waals surface area contributed by atoms with Crippen molar-refractivity contribution >= 4 is 0 Å². The van der Waals surface area contributed by atoms with Crippen LogP contribution in [-0.2, 0) is 13.7 Å². The SMILES string of the molecule is Cn1cc(CO)c(C2CCC2)n1. The van der Waals surface area contributed by atoms with Crippen molar-refractivity contribution < 1.29 is 5.11 Å². The molecule has 1 fully saturated rings. The van der Waals surface area contributed by atoms with Crippen molar-refractivity contribution in [1.82, 2.24) is 9.78 Å². The summed E-state index contributed by atoms with van der Waals surface area (Å²) in [4.78, 5) is 0. The minimum atomic E-state index is 0.125. The molecule has 1 heterocycles. The molecular formula is C9H14N2O. The molecule has 3 heteroatoms. The molecule has 1 saturated carbocycles. The maximum Gasteiger partial charge on any atom is 0.0715 e. The van der Waals surface area contributed by atoms with Crippen LogP contribution in [0.4, 0.5) is 0 Å². The molecule has 0 spiro atoms. The average molecular weight is 166 g/mol. The second-order valence-corrected chi connectivity index (χ2v) is 3.50. The summed E-state index contributed by atoms with van der Waals surface area (Å²) >= 11 is 0. The monoisotopic (exact) mass is 166 g/mol. The fourth-order valence-electron chi connectivity index (χ4n) is 1.70. The van der Waals surface area contributed by atoms with Gasteiger partial charge in [0.1, 0.15) is 0 Å².